The van der Waals surface area contributed by atoms with E-state index in [0.29, 0.717) is 0 Å². The zero-order valence-electron chi connectivity index (χ0n) is 35.5. The predicted molar refractivity (Wildman–Crippen MR) is 261 cm³/mol. The van der Waals surface area contributed by atoms with Crippen molar-refractivity contribution < 1.29 is 13.9 Å². The number of phenolic OH excluding ortho intramolecular Hbond substituents is 1. The molecule has 0 fully saturated rings. The summed E-state index contributed by atoms with van der Waals surface area (Å²) in [5.41, 5.74) is 14.1. The van der Waals surface area contributed by atoms with Crippen molar-refractivity contribution in [1.82, 2.24) is 0 Å². The van der Waals surface area contributed by atoms with E-state index in [9.17, 15) is 5.11 Å². The molecule has 0 saturated heterocycles. The van der Waals surface area contributed by atoms with Gasteiger partial charge in [-0.25, -0.2) is 0 Å². The van der Waals surface area contributed by atoms with Gasteiger partial charge in [0.05, 0.1) is 22.4 Å². The van der Waals surface area contributed by atoms with Gasteiger partial charge in [-0.15, -0.1) is 0 Å². The average Bonchev–Trinajstić information content (AvgIpc) is 3.89. The van der Waals surface area contributed by atoms with Crippen LogP contribution < -0.4 is 9.80 Å². The molecule has 0 aliphatic carbocycles. The number of aryl methyl sites for hydroxylation is 3. The second-order valence-electron chi connectivity index (χ2n) is 15.7. The first-order valence-corrected chi connectivity index (χ1v) is 21.3. The summed E-state index contributed by atoms with van der Waals surface area (Å²) in [6.45, 7) is 10.4. The molecule has 5 heteroatoms. The van der Waals surface area contributed by atoms with E-state index in [0.717, 1.165) is 117 Å². The van der Waals surface area contributed by atoms with E-state index in [-0.39, 0.29) is 5.75 Å². The van der Waals surface area contributed by atoms with Crippen LogP contribution in [0.1, 0.15) is 30.5 Å². The van der Waals surface area contributed by atoms with Crippen LogP contribution >= 0.6 is 0 Å². The molecule has 2 aromatic heterocycles. The Morgan fingerprint density at radius 3 is 1.76 bits per heavy atom. The van der Waals surface area contributed by atoms with Crippen LogP contribution in [0.25, 0.3) is 65.8 Å². The third-order valence-corrected chi connectivity index (χ3v) is 11.7. The van der Waals surface area contributed by atoms with E-state index in [4.69, 9.17) is 8.83 Å². The van der Waals surface area contributed by atoms with Crippen molar-refractivity contribution >= 4 is 88.8 Å². The maximum atomic E-state index is 11.0. The molecule has 9 aromatic carbocycles. The molecular weight excluding hydrogens is 761 g/mol. The van der Waals surface area contributed by atoms with Crippen LogP contribution in [0.3, 0.4) is 0 Å². The third-order valence-electron chi connectivity index (χ3n) is 11.7. The van der Waals surface area contributed by atoms with E-state index in [1.807, 2.05) is 50.2 Å². The number of anilines is 6. The monoisotopic (exact) mass is 806 g/mol. The molecular formula is C57H46N2O3. The largest absolute Gasteiger partial charge is 0.507 e. The highest BCUT2D eigenvalue weighted by atomic mass is 16.3. The Kier molecular flexibility index (Phi) is 9.73. The number of hydrogen-bond acceptors (Lipinski definition) is 5. The molecule has 11 aromatic rings. The normalized spacial score (nSPS) is 11.4. The van der Waals surface area contributed by atoms with Crippen molar-refractivity contribution in [2.24, 2.45) is 0 Å². The molecule has 62 heavy (non-hydrogen) atoms. The Hall–Kier alpha value is -7.76. The Balaban J connectivity index is 0.00000226. The van der Waals surface area contributed by atoms with Gasteiger partial charge in [0, 0.05) is 49.6 Å². The van der Waals surface area contributed by atoms with Gasteiger partial charge in [-0.2, -0.15) is 0 Å². The molecule has 0 atom stereocenters. The van der Waals surface area contributed by atoms with Gasteiger partial charge in [0.25, 0.3) is 0 Å². The number of rotatable bonds is 7. The lowest BCUT2D eigenvalue weighted by Gasteiger charge is -2.32. The van der Waals surface area contributed by atoms with Crippen molar-refractivity contribution in [3.05, 3.63) is 199 Å². The summed E-state index contributed by atoms with van der Waals surface area (Å²) < 4.78 is 14.0. The first-order chi connectivity index (χ1) is 30.4. The minimum atomic E-state index is 0.237. The van der Waals surface area contributed by atoms with Crippen LogP contribution in [-0.4, -0.2) is 5.11 Å². The molecule has 0 radical (unpaired) electrons. The molecule has 0 aliphatic heterocycles. The molecule has 0 spiro atoms. The van der Waals surface area contributed by atoms with Crippen molar-refractivity contribution in [1.29, 1.82) is 0 Å². The van der Waals surface area contributed by atoms with Crippen molar-refractivity contribution in [2.75, 3.05) is 9.80 Å². The van der Waals surface area contributed by atoms with E-state index >= 15 is 0 Å². The number of furan rings is 2. The summed E-state index contributed by atoms with van der Waals surface area (Å²) in [5, 5.41) is 17.2. The van der Waals surface area contributed by atoms with Gasteiger partial charge >= 0.3 is 0 Å². The molecule has 302 valence electrons. The molecule has 0 bridgehead atoms. The molecule has 0 unspecified atom stereocenters. The zero-order chi connectivity index (χ0) is 42.5. The van der Waals surface area contributed by atoms with Crippen molar-refractivity contribution in [3.8, 4) is 16.9 Å². The number of para-hydroxylation sites is 4. The minimum absolute atomic E-state index is 0.237. The summed E-state index contributed by atoms with van der Waals surface area (Å²) in [6.07, 6.45) is 0. The van der Waals surface area contributed by atoms with E-state index < -0.39 is 0 Å². The van der Waals surface area contributed by atoms with Crippen LogP contribution in [0, 0.1) is 20.8 Å². The highest BCUT2D eigenvalue weighted by Crippen LogP contribution is 2.55. The molecule has 0 aliphatic rings. The summed E-state index contributed by atoms with van der Waals surface area (Å²) in [5.74, 6) is 0.237. The minimum Gasteiger partial charge on any atom is -0.507 e. The van der Waals surface area contributed by atoms with E-state index in [2.05, 4.69) is 170 Å². The number of nitrogens with zero attached hydrogens (tertiary/aromatic N) is 2. The van der Waals surface area contributed by atoms with E-state index in [1.54, 1.807) is 6.07 Å². The second-order valence-corrected chi connectivity index (χ2v) is 15.7. The van der Waals surface area contributed by atoms with Crippen LogP contribution in [0.5, 0.6) is 5.75 Å². The lowest BCUT2D eigenvalue weighted by atomic mass is 9.96. The lowest BCUT2D eigenvalue weighted by Crippen LogP contribution is -2.15. The molecule has 0 amide bonds. The summed E-state index contributed by atoms with van der Waals surface area (Å²) in [7, 11) is 0. The quantitative estimate of drug-likeness (QED) is 0.163. The Morgan fingerprint density at radius 2 is 1.00 bits per heavy atom. The SMILES string of the molecule is CC.Cc1cccc(N(c2cccc(-c3ccccc3O)c2)c2c3ccccc3c(N(c3cc(C)ccc3C)c3cccc4c3oc3ccccc34)c3oc4ccccc4c23)c1. The molecule has 11 rings (SSSR count). The van der Waals surface area contributed by atoms with Crippen LogP contribution in [0.15, 0.2) is 191 Å². The topological polar surface area (TPSA) is 53.0 Å². The summed E-state index contributed by atoms with van der Waals surface area (Å²) in [6, 6.07) is 62.9. The smallest absolute Gasteiger partial charge is 0.162 e. The number of fused-ring (bicyclic) bond motifs is 7. The first kappa shape index (κ1) is 38.4. The van der Waals surface area contributed by atoms with Crippen LogP contribution in [0.2, 0.25) is 0 Å². The standard InChI is InChI=1S/C55H40N2O3.C2H6/c1-34-15-12-17-38(31-34)56(39-18-13-16-37(33-39)40-19-6-9-26-48(40)58)52-42-21-4-5-22-43(42)53(55-51(52)45-23-8-11-28-50(45)60-55)57(47-32-35(2)29-30-36(47)3)46-25-14-24-44-41-20-7-10-27-49(41)59-54(44)46;1-2/h4-33,58H,1-3H3;1-2H3. The highest BCUT2D eigenvalue weighted by Gasteiger charge is 2.31. The molecule has 5 nitrogen and oxygen atoms in total. The maximum absolute atomic E-state index is 11.0. The fourth-order valence-electron chi connectivity index (χ4n) is 9.00. The van der Waals surface area contributed by atoms with Crippen LogP contribution in [-0.2, 0) is 0 Å². The Bertz CT molecular complexity index is 3470. The fourth-order valence-corrected chi connectivity index (χ4v) is 9.00. The van der Waals surface area contributed by atoms with Gasteiger partial charge < -0.3 is 23.7 Å². The number of benzene rings is 9. The highest BCUT2D eigenvalue weighted by molar-refractivity contribution is 6.29. The van der Waals surface area contributed by atoms with Crippen molar-refractivity contribution in [3.63, 3.8) is 0 Å². The molecule has 1 N–H and O–H groups in total. The van der Waals surface area contributed by atoms with E-state index in [1.165, 1.54) is 0 Å². The Morgan fingerprint density at radius 1 is 0.419 bits per heavy atom. The summed E-state index contributed by atoms with van der Waals surface area (Å²) in [4.78, 5) is 4.72. The third kappa shape index (κ3) is 6.33. The van der Waals surface area contributed by atoms with Gasteiger partial charge in [-0.3, -0.25) is 0 Å². The Labute approximate surface area is 361 Å². The molecule has 0 saturated carbocycles. The predicted octanol–water partition coefficient (Wildman–Crippen LogP) is 16.9. The maximum Gasteiger partial charge on any atom is 0.162 e. The van der Waals surface area contributed by atoms with Gasteiger partial charge in [-0.05, 0) is 97.6 Å². The van der Waals surface area contributed by atoms with Crippen LogP contribution in [0.4, 0.5) is 34.1 Å². The van der Waals surface area contributed by atoms with Gasteiger partial charge in [0.1, 0.15) is 16.9 Å². The lowest BCUT2D eigenvalue weighted by molar-refractivity contribution is 0.477. The molecule has 2 heterocycles. The summed E-state index contributed by atoms with van der Waals surface area (Å²) >= 11 is 0. The van der Waals surface area contributed by atoms with Gasteiger partial charge in [-0.1, -0.05) is 141 Å². The first-order valence-electron chi connectivity index (χ1n) is 21.3. The number of phenols is 1. The zero-order valence-corrected chi connectivity index (χ0v) is 35.5. The van der Waals surface area contributed by atoms with Gasteiger partial charge in [0.15, 0.2) is 11.2 Å². The van der Waals surface area contributed by atoms with Gasteiger partial charge in [0.2, 0.25) is 0 Å². The fraction of sp³-hybridized carbons (Fsp3) is 0.0877. The number of hydrogen-bond donors (Lipinski definition) is 1. The average molecular weight is 807 g/mol. The number of aromatic hydroxyl groups is 1. The second kappa shape index (κ2) is 15.7. The van der Waals surface area contributed by atoms with Crippen molar-refractivity contribution in [2.45, 2.75) is 34.6 Å².